The smallest absolute Gasteiger partial charge is 0.233 e. The zero-order chi connectivity index (χ0) is 47.8. The number of fused-ring (bicyclic) bond motifs is 8. The van der Waals surface area contributed by atoms with Crippen LogP contribution in [0.4, 0.5) is 47.1 Å². The molecule has 1 aliphatic rings. The van der Waals surface area contributed by atoms with Crippen molar-refractivity contribution in [2.45, 2.75) is 79.1 Å². The molecule has 0 spiro atoms. The summed E-state index contributed by atoms with van der Waals surface area (Å²) in [5.41, 5.74) is 33.2. The number of benzene rings is 4. The Morgan fingerprint density at radius 3 is 1.01 bits per heavy atom. The molecule has 12 N–H and O–H groups in total. The van der Waals surface area contributed by atoms with Crippen LogP contribution in [0.3, 0.4) is 0 Å². The molecule has 1 aliphatic carbocycles. The zero-order valence-corrected chi connectivity index (χ0v) is 39.7. The lowest BCUT2D eigenvalue weighted by Gasteiger charge is -2.24. The van der Waals surface area contributed by atoms with Crippen molar-refractivity contribution in [1.29, 1.82) is 0 Å². The summed E-state index contributed by atoms with van der Waals surface area (Å²) in [4.78, 5) is 26.6. The second-order valence-electron chi connectivity index (χ2n) is 16.5. The molecule has 0 unspecified atom stereocenters. The molecule has 8 bridgehead atoms. The lowest BCUT2D eigenvalue weighted by Crippen LogP contribution is -2.16. The van der Waals surface area contributed by atoms with Crippen molar-refractivity contribution in [2.75, 3.05) is 85.3 Å². The van der Waals surface area contributed by atoms with Gasteiger partial charge in [0, 0.05) is 85.5 Å². The highest BCUT2D eigenvalue weighted by atomic mass is 16.5. The fourth-order valence-electron chi connectivity index (χ4n) is 8.07. The summed E-state index contributed by atoms with van der Waals surface area (Å²) in [5, 5.41) is 13.1. The number of nitrogens with one attached hydrogen (secondary N) is 4. The average molecular weight is 927 g/mol. The molecule has 18 heteroatoms. The Morgan fingerprint density at radius 1 is 0.426 bits per heavy atom. The van der Waals surface area contributed by atoms with Gasteiger partial charge in [0.2, 0.25) is 35.7 Å². The van der Waals surface area contributed by atoms with Gasteiger partial charge in [-0.25, -0.2) is 0 Å². The molecule has 68 heavy (non-hydrogen) atoms. The summed E-state index contributed by atoms with van der Waals surface area (Å²) < 4.78 is 27.1. The second-order valence-corrected chi connectivity index (χ2v) is 16.5. The van der Waals surface area contributed by atoms with E-state index in [0.29, 0.717) is 102 Å². The Kier molecular flexibility index (Phi) is 17.2. The topological polar surface area (TPSA) is 266 Å². The van der Waals surface area contributed by atoms with Crippen molar-refractivity contribution in [3.63, 3.8) is 0 Å². The number of nitrogens with two attached hydrogens (primary N) is 4. The van der Waals surface area contributed by atoms with Gasteiger partial charge in [0.05, 0.1) is 26.4 Å². The molecule has 6 aromatic rings. The van der Waals surface area contributed by atoms with E-state index in [1.165, 1.54) is 0 Å². The Hall–Kier alpha value is -7.18. The Bertz CT molecular complexity index is 2360. The first kappa shape index (κ1) is 48.7. The molecule has 0 fully saturated rings. The minimum Gasteiger partial charge on any atom is -0.493 e. The number of hydrogen-bond acceptors (Lipinski definition) is 18. The largest absolute Gasteiger partial charge is 0.493 e. The number of nitrogen functional groups attached to an aromatic ring is 2. The highest BCUT2D eigenvalue weighted by Gasteiger charge is 2.24. The van der Waals surface area contributed by atoms with E-state index in [4.69, 9.17) is 41.9 Å². The van der Waals surface area contributed by atoms with Crippen molar-refractivity contribution in [1.82, 2.24) is 29.9 Å². The average Bonchev–Trinajstić information content (AvgIpc) is 3.31. The molecule has 0 atom stereocenters. The summed E-state index contributed by atoms with van der Waals surface area (Å²) in [6.07, 6.45) is 5.26. The van der Waals surface area contributed by atoms with Gasteiger partial charge < -0.3 is 63.1 Å². The van der Waals surface area contributed by atoms with Crippen LogP contribution in [0.1, 0.15) is 97.9 Å². The van der Waals surface area contributed by atoms with E-state index in [1.807, 2.05) is 0 Å². The number of nitrogens with zero attached hydrogens (tertiary/aromatic N) is 6. The Balaban J connectivity index is 1.45. The fourth-order valence-corrected chi connectivity index (χ4v) is 8.07. The first-order valence-electron chi connectivity index (χ1n) is 23.7. The third-order valence-electron chi connectivity index (χ3n) is 10.8. The Labute approximate surface area is 398 Å². The van der Waals surface area contributed by atoms with Crippen LogP contribution in [0.5, 0.6) is 23.0 Å². The van der Waals surface area contributed by atoms with Gasteiger partial charge in [0.15, 0.2) is 0 Å². The standard InChI is InChI=1S/C50H66N14O4/c1-5-19-65-41-31-11-9-12-32(41)24-36-28-40(58-50-62-46(54)60-48(64-50)56-18-16-52)30-38(44(36)68-22-8-4)26-34-14-10-13-33(42(34)66-20-6-2)25-37-29-39(27-35(23-31)43(37)67-21-7-3)57-49-61-45(53)59-47(63-49)55-17-15-51/h9-14,27-30H,5-8,15-26,51-52H2,1-4H3,(H4,53,55,57,59,61,63)(H4,54,56,58,60,62,64). The second kappa shape index (κ2) is 24.0. The van der Waals surface area contributed by atoms with Crippen LogP contribution in [0, 0.1) is 0 Å². The molecular formula is C50H66N14O4. The summed E-state index contributed by atoms with van der Waals surface area (Å²) in [6.45, 7) is 12.3. The molecule has 0 aliphatic heterocycles. The molecule has 0 saturated carbocycles. The molecule has 0 radical (unpaired) electrons. The van der Waals surface area contributed by atoms with Crippen LogP contribution in [0.25, 0.3) is 0 Å². The van der Waals surface area contributed by atoms with Crippen LogP contribution < -0.4 is 63.1 Å². The number of para-hydroxylation sites is 2. The summed E-state index contributed by atoms with van der Waals surface area (Å²) in [7, 11) is 0. The van der Waals surface area contributed by atoms with E-state index in [1.54, 1.807) is 0 Å². The van der Waals surface area contributed by atoms with E-state index in [0.717, 1.165) is 105 Å². The van der Waals surface area contributed by atoms with Gasteiger partial charge in [-0.2, -0.15) is 29.9 Å². The highest BCUT2D eigenvalue weighted by molar-refractivity contribution is 5.66. The number of rotatable bonds is 22. The molecule has 7 rings (SSSR count). The molecule has 2 aromatic heterocycles. The summed E-state index contributed by atoms with van der Waals surface area (Å²) in [5.74, 6) is 4.63. The number of hydrogen-bond donors (Lipinski definition) is 8. The van der Waals surface area contributed by atoms with Gasteiger partial charge >= 0.3 is 0 Å². The maximum Gasteiger partial charge on any atom is 0.233 e. The molecule has 2 heterocycles. The lowest BCUT2D eigenvalue weighted by atomic mass is 9.90. The zero-order valence-electron chi connectivity index (χ0n) is 39.7. The van der Waals surface area contributed by atoms with E-state index in [9.17, 15) is 0 Å². The van der Waals surface area contributed by atoms with Gasteiger partial charge in [-0.1, -0.05) is 64.1 Å². The van der Waals surface area contributed by atoms with Gasteiger partial charge in [-0.3, -0.25) is 0 Å². The molecule has 360 valence electrons. The van der Waals surface area contributed by atoms with Crippen LogP contribution in [-0.4, -0.2) is 82.5 Å². The summed E-state index contributed by atoms with van der Waals surface area (Å²) in [6, 6.07) is 21.1. The van der Waals surface area contributed by atoms with Crippen LogP contribution in [0.2, 0.25) is 0 Å². The fraction of sp³-hybridized carbons (Fsp3) is 0.400. The van der Waals surface area contributed by atoms with Crippen molar-refractivity contribution in [2.24, 2.45) is 11.5 Å². The number of anilines is 8. The number of ether oxygens (including phenoxy) is 4. The first-order chi connectivity index (χ1) is 33.2. The molecule has 4 aromatic carbocycles. The third kappa shape index (κ3) is 12.6. The minimum atomic E-state index is 0.0759. The van der Waals surface area contributed by atoms with Crippen molar-refractivity contribution >= 4 is 47.1 Å². The van der Waals surface area contributed by atoms with Crippen LogP contribution in [-0.2, 0) is 25.7 Å². The van der Waals surface area contributed by atoms with E-state index in [-0.39, 0.29) is 11.9 Å². The van der Waals surface area contributed by atoms with Gasteiger partial charge in [0.1, 0.15) is 23.0 Å². The van der Waals surface area contributed by atoms with Crippen molar-refractivity contribution in [3.05, 3.63) is 105 Å². The van der Waals surface area contributed by atoms with Crippen molar-refractivity contribution < 1.29 is 18.9 Å². The number of aromatic nitrogens is 6. The maximum atomic E-state index is 6.77. The quantitative estimate of drug-likeness (QED) is 0.0332. The maximum absolute atomic E-state index is 6.77. The minimum absolute atomic E-state index is 0.0759. The van der Waals surface area contributed by atoms with E-state index >= 15 is 0 Å². The summed E-state index contributed by atoms with van der Waals surface area (Å²) >= 11 is 0. The van der Waals surface area contributed by atoms with E-state index < -0.39 is 0 Å². The third-order valence-corrected chi connectivity index (χ3v) is 10.8. The molecule has 18 nitrogen and oxygen atoms in total. The van der Waals surface area contributed by atoms with Crippen molar-refractivity contribution in [3.8, 4) is 23.0 Å². The molecule has 0 saturated heterocycles. The highest BCUT2D eigenvalue weighted by Crippen LogP contribution is 2.41. The van der Waals surface area contributed by atoms with Gasteiger partial charge in [-0.15, -0.1) is 0 Å². The van der Waals surface area contributed by atoms with Gasteiger partial charge in [0.25, 0.3) is 0 Å². The molecule has 0 amide bonds. The van der Waals surface area contributed by atoms with Crippen LogP contribution in [0.15, 0.2) is 60.7 Å². The van der Waals surface area contributed by atoms with Crippen LogP contribution >= 0.6 is 0 Å². The normalized spacial score (nSPS) is 12.0. The predicted molar refractivity (Wildman–Crippen MR) is 270 cm³/mol. The SMILES string of the molecule is CCCOc1c2cccc1Cc1cc(Nc3nc(N)nc(NCCN)n3)cc(c1OCCC)Cc1cccc(c1OCCC)Cc1cc(Nc3nc(N)nc(NCCN)n3)cc(c1OCCC)C2. The lowest BCUT2D eigenvalue weighted by molar-refractivity contribution is 0.304. The van der Waals surface area contributed by atoms with E-state index in [2.05, 4.69) is 140 Å². The Morgan fingerprint density at radius 2 is 0.721 bits per heavy atom. The predicted octanol–water partition coefficient (Wildman–Crippen LogP) is 7.28. The molecular weight excluding hydrogens is 861 g/mol. The monoisotopic (exact) mass is 927 g/mol. The first-order valence-corrected chi connectivity index (χ1v) is 23.7. The van der Waals surface area contributed by atoms with Gasteiger partial charge in [-0.05, 0) is 72.2 Å².